The molecule has 0 radical (unpaired) electrons. The molecule has 0 saturated carbocycles. The van der Waals surface area contributed by atoms with E-state index in [1.54, 1.807) is 0 Å². The summed E-state index contributed by atoms with van der Waals surface area (Å²) in [5.74, 6) is -0.478. The number of halogens is 1. The van der Waals surface area contributed by atoms with E-state index in [0.29, 0.717) is 12.2 Å². The van der Waals surface area contributed by atoms with Gasteiger partial charge in [-0.1, -0.05) is 21.1 Å². The largest absolute Gasteiger partial charge is 0.476 e. The highest BCUT2D eigenvalue weighted by Crippen LogP contribution is 2.05. The molecule has 60 valence electrons. The fourth-order valence-electron chi connectivity index (χ4n) is 0.625. The Balaban J connectivity index is 2.73. The van der Waals surface area contributed by atoms with Crippen LogP contribution in [0.2, 0.25) is 0 Å². The Bertz CT molecular complexity index is 258. The minimum Gasteiger partial charge on any atom is -0.476 e. The van der Waals surface area contributed by atoms with E-state index < -0.39 is 5.97 Å². The van der Waals surface area contributed by atoms with Crippen LogP contribution in [0.4, 0.5) is 0 Å². The molecule has 0 aliphatic carbocycles. The first-order valence-corrected chi connectivity index (χ1v) is 4.11. The Morgan fingerprint density at radius 2 is 2.55 bits per heavy atom. The number of nitrogens with zero attached hydrogens (tertiary/aromatic N) is 1. The molecular formula is C6H6BrNO3. The molecule has 0 aliphatic heterocycles. The molecule has 0 saturated heterocycles. The average Bonchev–Trinajstić information content (AvgIpc) is 2.37. The van der Waals surface area contributed by atoms with Crippen LogP contribution in [0.15, 0.2) is 10.6 Å². The van der Waals surface area contributed by atoms with Crippen molar-refractivity contribution in [1.29, 1.82) is 0 Å². The minimum absolute atomic E-state index is 0.0408. The SMILES string of the molecule is O=C(O)c1cc(CCBr)on1. The van der Waals surface area contributed by atoms with Crippen molar-refractivity contribution in [3.05, 3.63) is 17.5 Å². The highest BCUT2D eigenvalue weighted by atomic mass is 79.9. The molecule has 0 amide bonds. The second-order valence-corrected chi connectivity index (χ2v) is 2.72. The molecule has 1 aromatic rings. The van der Waals surface area contributed by atoms with E-state index in [-0.39, 0.29) is 5.69 Å². The van der Waals surface area contributed by atoms with Crippen molar-refractivity contribution in [2.45, 2.75) is 6.42 Å². The van der Waals surface area contributed by atoms with E-state index in [1.165, 1.54) is 6.07 Å². The summed E-state index contributed by atoms with van der Waals surface area (Å²) >= 11 is 3.20. The van der Waals surface area contributed by atoms with Crippen molar-refractivity contribution >= 4 is 21.9 Å². The molecule has 1 rings (SSSR count). The second kappa shape index (κ2) is 3.52. The van der Waals surface area contributed by atoms with E-state index in [2.05, 4.69) is 21.1 Å². The van der Waals surface area contributed by atoms with E-state index in [9.17, 15) is 4.79 Å². The summed E-state index contributed by atoms with van der Waals surface area (Å²) in [5.41, 5.74) is -0.0408. The molecule has 1 aromatic heterocycles. The Labute approximate surface area is 71.3 Å². The first-order chi connectivity index (χ1) is 5.24. The minimum atomic E-state index is -1.06. The van der Waals surface area contributed by atoms with Gasteiger partial charge < -0.3 is 9.63 Å². The third-order valence-corrected chi connectivity index (χ3v) is 1.52. The van der Waals surface area contributed by atoms with E-state index in [1.807, 2.05) is 0 Å². The number of hydrogen-bond donors (Lipinski definition) is 1. The van der Waals surface area contributed by atoms with Gasteiger partial charge in [-0.05, 0) is 0 Å². The molecule has 4 nitrogen and oxygen atoms in total. The third-order valence-electron chi connectivity index (χ3n) is 1.12. The lowest BCUT2D eigenvalue weighted by molar-refractivity contribution is 0.0685. The molecule has 0 bridgehead atoms. The standard InChI is InChI=1S/C6H6BrNO3/c7-2-1-4-3-5(6(9)10)8-11-4/h3H,1-2H2,(H,9,10). The summed E-state index contributed by atoms with van der Waals surface area (Å²) in [5, 5.41) is 12.5. The maximum Gasteiger partial charge on any atom is 0.358 e. The zero-order valence-corrected chi connectivity index (χ0v) is 7.17. The van der Waals surface area contributed by atoms with Gasteiger partial charge in [-0.15, -0.1) is 0 Å². The molecule has 11 heavy (non-hydrogen) atoms. The van der Waals surface area contributed by atoms with Gasteiger partial charge >= 0.3 is 5.97 Å². The Kier molecular flexibility index (Phi) is 2.64. The van der Waals surface area contributed by atoms with Gasteiger partial charge in [0.1, 0.15) is 5.76 Å². The topological polar surface area (TPSA) is 63.3 Å². The van der Waals surface area contributed by atoms with Crippen molar-refractivity contribution in [1.82, 2.24) is 5.16 Å². The Morgan fingerprint density at radius 1 is 1.82 bits per heavy atom. The normalized spacial score (nSPS) is 9.91. The lowest BCUT2D eigenvalue weighted by Gasteiger charge is -1.82. The fourth-order valence-corrected chi connectivity index (χ4v) is 1.02. The highest BCUT2D eigenvalue weighted by molar-refractivity contribution is 9.09. The number of aryl methyl sites for hydroxylation is 1. The third kappa shape index (κ3) is 2.04. The Morgan fingerprint density at radius 3 is 3.00 bits per heavy atom. The smallest absolute Gasteiger partial charge is 0.358 e. The van der Waals surface area contributed by atoms with Crippen molar-refractivity contribution in [2.75, 3.05) is 5.33 Å². The monoisotopic (exact) mass is 219 g/mol. The molecule has 0 spiro atoms. The van der Waals surface area contributed by atoms with Crippen molar-refractivity contribution < 1.29 is 14.4 Å². The van der Waals surface area contributed by atoms with Gasteiger partial charge in [0.15, 0.2) is 5.69 Å². The van der Waals surface area contributed by atoms with Gasteiger partial charge in [0.05, 0.1) is 0 Å². The predicted octanol–water partition coefficient (Wildman–Crippen LogP) is 1.31. The van der Waals surface area contributed by atoms with Crippen LogP contribution in [-0.4, -0.2) is 21.6 Å². The lowest BCUT2D eigenvalue weighted by atomic mass is 10.3. The Hall–Kier alpha value is -0.840. The van der Waals surface area contributed by atoms with E-state index in [0.717, 1.165) is 5.33 Å². The molecule has 1 heterocycles. The zero-order chi connectivity index (χ0) is 8.27. The highest BCUT2D eigenvalue weighted by Gasteiger charge is 2.09. The number of carboxylic acids is 1. The van der Waals surface area contributed by atoms with Crippen molar-refractivity contribution in [3.8, 4) is 0 Å². The number of aromatic nitrogens is 1. The van der Waals surface area contributed by atoms with Crippen molar-refractivity contribution in [2.24, 2.45) is 0 Å². The summed E-state index contributed by atoms with van der Waals surface area (Å²) in [7, 11) is 0. The molecule has 0 atom stereocenters. The molecule has 0 aromatic carbocycles. The molecule has 5 heteroatoms. The molecular weight excluding hydrogens is 214 g/mol. The van der Waals surface area contributed by atoms with Gasteiger partial charge in [-0.3, -0.25) is 0 Å². The average molecular weight is 220 g/mol. The first-order valence-electron chi connectivity index (χ1n) is 2.99. The van der Waals surface area contributed by atoms with Crippen LogP contribution in [0.5, 0.6) is 0 Å². The number of rotatable bonds is 3. The maximum atomic E-state index is 10.3. The molecule has 0 unspecified atom stereocenters. The summed E-state index contributed by atoms with van der Waals surface area (Å²) < 4.78 is 4.71. The quantitative estimate of drug-likeness (QED) is 0.780. The van der Waals surface area contributed by atoms with Crippen molar-refractivity contribution in [3.63, 3.8) is 0 Å². The molecule has 0 aliphatic rings. The van der Waals surface area contributed by atoms with Crippen LogP contribution in [0.25, 0.3) is 0 Å². The number of hydrogen-bond acceptors (Lipinski definition) is 3. The van der Waals surface area contributed by atoms with E-state index >= 15 is 0 Å². The van der Waals surface area contributed by atoms with Crippen LogP contribution in [-0.2, 0) is 6.42 Å². The van der Waals surface area contributed by atoms with Gasteiger partial charge in [-0.2, -0.15) is 0 Å². The number of carboxylic acid groups (broad SMARTS) is 1. The van der Waals surface area contributed by atoms with Gasteiger partial charge in [0, 0.05) is 17.8 Å². The zero-order valence-electron chi connectivity index (χ0n) is 5.58. The van der Waals surface area contributed by atoms with E-state index in [4.69, 9.17) is 9.63 Å². The molecule has 0 fully saturated rings. The number of alkyl halides is 1. The molecule has 1 N–H and O–H groups in total. The predicted molar refractivity (Wildman–Crippen MR) is 41.0 cm³/mol. The first kappa shape index (κ1) is 8.26. The van der Waals surface area contributed by atoms with Gasteiger partial charge in [0.25, 0.3) is 0 Å². The number of aromatic carboxylic acids is 1. The van der Waals surface area contributed by atoms with Crippen LogP contribution >= 0.6 is 15.9 Å². The number of carbonyl (C=O) groups is 1. The summed E-state index contributed by atoms with van der Waals surface area (Å²) in [6.07, 6.45) is 0.653. The van der Waals surface area contributed by atoms with Crippen LogP contribution in [0.1, 0.15) is 16.2 Å². The van der Waals surface area contributed by atoms with Crippen LogP contribution < -0.4 is 0 Å². The second-order valence-electron chi connectivity index (χ2n) is 1.92. The fraction of sp³-hybridized carbons (Fsp3) is 0.333. The van der Waals surface area contributed by atoms with Gasteiger partial charge in [-0.25, -0.2) is 4.79 Å². The summed E-state index contributed by atoms with van der Waals surface area (Å²) in [4.78, 5) is 10.3. The lowest BCUT2D eigenvalue weighted by Crippen LogP contribution is -1.94. The van der Waals surface area contributed by atoms with Gasteiger partial charge in [0.2, 0.25) is 0 Å². The van der Waals surface area contributed by atoms with Crippen LogP contribution in [0.3, 0.4) is 0 Å². The maximum absolute atomic E-state index is 10.3. The summed E-state index contributed by atoms with van der Waals surface area (Å²) in [6, 6.07) is 1.42. The summed E-state index contributed by atoms with van der Waals surface area (Å²) in [6.45, 7) is 0. The van der Waals surface area contributed by atoms with Crippen LogP contribution in [0, 0.1) is 0 Å².